The molecule has 0 amide bonds. The molecule has 0 aliphatic heterocycles. The van der Waals surface area contributed by atoms with Crippen LogP contribution < -0.4 is 15.2 Å². The van der Waals surface area contributed by atoms with Gasteiger partial charge in [-0.1, -0.05) is 6.07 Å². The summed E-state index contributed by atoms with van der Waals surface area (Å²) in [6.07, 6.45) is 1.17. The number of aromatic amines is 1. The van der Waals surface area contributed by atoms with Crippen LogP contribution in [0.1, 0.15) is 0 Å². The quantitative estimate of drug-likeness (QED) is 0.888. The number of H-pyrrole nitrogens is 1. The van der Waals surface area contributed by atoms with Gasteiger partial charge in [-0.2, -0.15) is 0 Å². The number of hydrogen-bond acceptors (Lipinski definition) is 4. The Labute approximate surface area is 117 Å². The molecule has 1 heterocycles. The summed E-state index contributed by atoms with van der Waals surface area (Å²) in [5.74, 6) is 0. The second kappa shape index (κ2) is 5.38. The van der Waals surface area contributed by atoms with Crippen LogP contribution >= 0.6 is 0 Å². The van der Waals surface area contributed by atoms with Crippen molar-refractivity contribution in [3.63, 3.8) is 0 Å². The number of anilines is 2. The van der Waals surface area contributed by atoms with Crippen LogP contribution in [0.25, 0.3) is 0 Å². The maximum absolute atomic E-state index is 12.1. The molecule has 0 aliphatic rings. The molecule has 6 nitrogen and oxygen atoms in total. The SMILES string of the molecule is CN(C)c1cccc(NS(=O)(=O)c2ccc(=O)[nH]c2)c1. The first-order valence-electron chi connectivity index (χ1n) is 5.87. The smallest absolute Gasteiger partial charge is 0.263 e. The molecule has 2 aromatic rings. The first-order chi connectivity index (χ1) is 9.38. The fraction of sp³-hybridized carbons (Fsp3) is 0.154. The molecule has 0 spiro atoms. The van der Waals surface area contributed by atoms with E-state index in [4.69, 9.17) is 0 Å². The van der Waals surface area contributed by atoms with Crippen LogP contribution in [0, 0.1) is 0 Å². The van der Waals surface area contributed by atoms with Gasteiger partial charge in [0.1, 0.15) is 4.90 Å². The lowest BCUT2D eigenvalue weighted by atomic mass is 10.3. The number of nitrogens with zero attached hydrogens (tertiary/aromatic N) is 1. The fourth-order valence-corrected chi connectivity index (χ4v) is 2.64. The summed E-state index contributed by atoms with van der Waals surface area (Å²) in [6.45, 7) is 0. The molecule has 0 fully saturated rings. The molecular formula is C13H15N3O3S. The average Bonchev–Trinajstić information content (AvgIpc) is 2.39. The average molecular weight is 293 g/mol. The van der Waals surface area contributed by atoms with Gasteiger partial charge in [0.2, 0.25) is 5.56 Å². The molecule has 0 saturated heterocycles. The van der Waals surface area contributed by atoms with Crippen molar-refractivity contribution in [3.05, 3.63) is 52.9 Å². The third kappa shape index (κ3) is 3.18. The van der Waals surface area contributed by atoms with Crippen LogP contribution in [0.3, 0.4) is 0 Å². The minimum absolute atomic E-state index is 0.00681. The standard InChI is InChI=1S/C13H15N3O3S/c1-16(2)11-5-3-4-10(8-11)15-20(18,19)12-6-7-13(17)14-9-12/h3-9,15H,1-2H3,(H,14,17). The molecule has 2 N–H and O–H groups in total. The molecule has 1 aromatic carbocycles. The van der Waals surface area contributed by atoms with Crippen LogP contribution in [-0.4, -0.2) is 27.5 Å². The number of pyridine rings is 1. The molecular weight excluding hydrogens is 278 g/mol. The lowest BCUT2D eigenvalue weighted by Gasteiger charge is -2.14. The van der Waals surface area contributed by atoms with E-state index in [1.54, 1.807) is 18.2 Å². The lowest BCUT2D eigenvalue weighted by molar-refractivity contribution is 0.600. The van der Waals surface area contributed by atoms with Crippen LogP contribution in [0.15, 0.2) is 52.3 Å². The van der Waals surface area contributed by atoms with E-state index in [2.05, 4.69) is 9.71 Å². The third-order valence-corrected chi connectivity index (χ3v) is 4.06. The second-order valence-electron chi connectivity index (χ2n) is 4.44. The molecule has 0 unspecified atom stereocenters. The summed E-state index contributed by atoms with van der Waals surface area (Å²) in [7, 11) is 0.0300. The largest absolute Gasteiger partial charge is 0.378 e. The van der Waals surface area contributed by atoms with Crippen molar-refractivity contribution in [2.75, 3.05) is 23.7 Å². The fourth-order valence-electron chi connectivity index (χ4n) is 1.63. The van der Waals surface area contributed by atoms with E-state index >= 15 is 0 Å². The van der Waals surface area contributed by atoms with Crippen molar-refractivity contribution < 1.29 is 8.42 Å². The number of benzene rings is 1. The van der Waals surface area contributed by atoms with Gasteiger partial charge in [0, 0.05) is 32.0 Å². The van der Waals surface area contributed by atoms with Crippen molar-refractivity contribution in [2.24, 2.45) is 0 Å². The van der Waals surface area contributed by atoms with Gasteiger partial charge in [-0.3, -0.25) is 9.52 Å². The molecule has 0 atom stereocenters. The molecule has 0 bridgehead atoms. The first kappa shape index (κ1) is 14.1. The van der Waals surface area contributed by atoms with Gasteiger partial charge in [0.05, 0.1) is 5.69 Å². The van der Waals surface area contributed by atoms with Gasteiger partial charge in [-0.15, -0.1) is 0 Å². The van der Waals surface area contributed by atoms with Gasteiger partial charge in [0.25, 0.3) is 10.0 Å². The molecule has 0 radical (unpaired) electrons. The molecule has 0 saturated carbocycles. The van der Waals surface area contributed by atoms with Gasteiger partial charge >= 0.3 is 0 Å². The molecule has 106 valence electrons. The zero-order valence-corrected chi connectivity index (χ0v) is 11.9. The molecule has 2 rings (SSSR count). The Balaban J connectivity index is 2.31. The van der Waals surface area contributed by atoms with Crippen LogP contribution in [0.4, 0.5) is 11.4 Å². The van der Waals surface area contributed by atoms with Crippen molar-refractivity contribution in [1.29, 1.82) is 0 Å². The highest BCUT2D eigenvalue weighted by Gasteiger charge is 2.14. The summed E-state index contributed by atoms with van der Waals surface area (Å²) in [5.41, 5.74) is 0.993. The first-order valence-corrected chi connectivity index (χ1v) is 7.36. The zero-order valence-electron chi connectivity index (χ0n) is 11.1. The minimum Gasteiger partial charge on any atom is -0.378 e. The van der Waals surface area contributed by atoms with Gasteiger partial charge in [0.15, 0.2) is 0 Å². The number of nitrogens with one attached hydrogen (secondary N) is 2. The van der Waals surface area contributed by atoms with E-state index < -0.39 is 10.0 Å². The van der Waals surface area contributed by atoms with E-state index in [-0.39, 0.29) is 10.5 Å². The van der Waals surface area contributed by atoms with E-state index in [0.717, 1.165) is 5.69 Å². The predicted molar refractivity (Wildman–Crippen MR) is 78.6 cm³/mol. The Bertz CT molecular complexity index is 746. The maximum atomic E-state index is 12.1. The molecule has 0 aliphatic carbocycles. The number of rotatable bonds is 4. The Morgan fingerprint density at radius 1 is 1.15 bits per heavy atom. The van der Waals surface area contributed by atoms with Gasteiger partial charge in [-0.05, 0) is 24.3 Å². The highest BCUT2D eigenvalue weighted by atomic mass is 32.2. The van der Waals surface area contributed by atoms with E-state index in [0.29, 0.717) is 5.69 Å². The third-order valence-electron chi connectivity index (χ3n) is 2.68. The summed E-state index contributed by atoms with van der Waals surface area (Å²) < 4.78 is 26.8. The highest BCUT2D eigenvalue weighted by molar-refractivity contribution is 7.92. The van der Waals surface area contributed by atoms with Crippen LogP contribution in [0.2, 0.25) is 0 Å². The van der Waals surface area contributed by atoms with E-state index in [1.165, 1.54) is 18.3 Å². The number of hydrogen-bond donors (Lipinski definition) is 2. The molecule has 1 aromatic heterocycles. The van der Waals surface area contributed by atoms with Crippen molar-refractivity contribution >= 4 is 21.4 Å². The Hall–Kier alpha value is -2.28. The Morgan fingerprint density at radius 3 is 2.50 bits per heavy atom. The number of sulfonamides is 1. The van der Waals surface area contributed by atoms with Crippen molar-refractivity contribution in [3.8, 4) is 0 Å². The summed E-state index contributed by atoms with van der Waals surface area (Å²) in [4.78, 5) is 15.2. The Kier molecular flexibility index (Phi) is 3.80. The van der Waals surface area contributed by atoms with Crippen molar-refractivity contribution in [2.45, 2.75) is 4.90 Å². The number of aromatic nitrogens is 1. The monoisotopic (exact) mass is 293 g/mol. The summed E-state index contributed by atoms with van der Waals surface area (Å²) in [6, 6.07) is 9.46. The normalized spacial score (nSPS) is 11.1. The topological polar surface area (TPSA) is 82.3 Å². The minimum atomic E-state index is -3.71. The highest BCUT2D eigenvalue weighted by Crippen LogP contribution is 2.20. The molecule has 20 heavy (non-hydrogen) atoms. The summed E-state index contributed by atoms with van der Waals surface area (Å²) in [5, 5.41) is 0. The Morgan fingerprint density at radius 2 is 1.90 bits per heavy atom. The second-order valence-corrected chi connectivity index (χ2v) is 6.12. The molecule has 7 heteroatoms. The van der Waals surface area contributed by atoms with E-state index in [1.807, 2.05) is 25.1 Å². The zero-order chi connectivity index (χ0) is 14.8. The summed E-state index contributed by atoms with van der Waals surface area (Å²) >= 11 is 0. The predicted octanol–water partition coefficient (Wildman–Crippen LogP) is 1.24. The van der Waals surface area contributed by atoms with Crippen LogP contribution in [-0.2, 0) is 10.0 Å². The van der Waals surface area contributed by atoms with Gasteiger partial charge in [-0.25, -0.2) is 8.42 Å². The van der Waals surface area contributed by atoms with Crippen molar-refractivity contribution in [1.82, 2.24) is 4.98 Å². The lowest BCUT2D eigenvalue weighted by Crippen LogP contribution is -2.16. The maximum Gasteiger partial charge on any atom is 0.263 e. The van der Waals surface area contributed by atoms with E-state index in [9.17, 15) is 13.2 Å². The van der Waals surface area contributed by atoms with Crippen LogP contribution in [0.5, 0.6) is 0 Å². The van der Waals surface area contributed by atoms with Gasteiger partial charge < -0.3 is 9.88 Å².